The molecule has 206 valence electrons. The lowest BCUT2D eigenvalue weighted by molar-refractivity contribution is 0.286. The number of rotatable bonds is 13. The topological polar surface area (TPSA) is 9.23 Å². The number of aryl methyl sites for hydroxylation is 2. The van der Waals surface area contributed by atoms with Crippen molar-refractivity contribution in [1.29, 1.82) is 0 Å². The summed E-state index contributed by atoms with van der Waals surface area (Å²) in [5, 5.41) is 0. The normalized spacial score (nSPS) is 15.5. The molecule has 0 spiro atoms. The van der Waals surface area contributed by atoms with Crippen molar-refractivity contribution in [2.24, 2.45) is 5.92 Å². The highest BCUT2D eigenvalue weighted by Gasteiger charge is 2.20. The Kier molecular flexibility index (Phi) is 10.9. The second-order valence-electron chi connectivity index (χ2n) is 10.7. The molecule has 1 atom stereocenters. The Balaban J connectivity index is 1.24. The summed E-state index contributed by atoms with van der Waals surface area (Å²) in [4.78, 5) is 0. The molecule has 39 heavy (non-hydrogen) atoms. The van der Waals surface area contributed by atoms with Crippen LogP contribution in [0.5, 0.6) is 5.75 Å². The van der Waals surface area contributed by atoms with Gasteiger partial charge >= 0.3 is 0 Å². The lowest BCUT2D eigenvalue weighted by Crippen LogP contribution is -2.06. The first-order valence-corrected chi connectivity index (χ1v) is 14.7. The molecule has 0 bridgehead atoms. The minimum Gasteiger partial charge on any atom is -0.490 e. The summed E-state index contributed by atoms with van der Waals surface area (Å²) in [7, 11) is 0. The molecular weight excluding hydrogens is 486 g/mol. The maximum absolute atomic E-state index is 14.8. The van der Waals surface area contributed by atoms with E-state index in [1.807, 2.05) is 0 Å². The van der Waals surface area contributed by atoms with Crippen LogP contribution in [-0.4, -0.2) is 6.61 Å². The molecule has 0 N–H and O–H groups in total. The second kappa shape index (κ2) is 14.8. The van der Waals surface area contributed by atoms with Gasteiger partial charge in [-0.15, -0.1) is 0 Å². The number of ether oxygens (including phenoxy) is 1. The zero-order chi connectivity index (χ0) is 27.5. The Morgan fingerprint density at radius 1 is 0.795 bits per heavy atom. The average Bonchev–Trinajstić information content (AvgIpc) is 2.97. The van der Waals surface area contributed by atoms with Crippen LogP contribution in [0.4, 0.5) is 8.78 Å². The molecular formula is C36H42F2O. The number of hydrogen-bond donors (Lipinski definition) is 0. The SMILES string of the molecule is CCCCCOc1ccc(C2=CCC(/C=C/CCc3ccc(-c4ccc(CCC)cc4)cc3)CC2)c(F)c1F. The van der Waals surface area contributed by atoms with Crippen LogP contribution in [0, 0.1) is 17.6 Å². The fourth-order valence-electron chi connectivity index (χ4n) is 5.25. The predicted molar refractivity (Wildman–Crippen MR) is 160 cm³/mol. The molecule has 0 radical (unpaired) electrons. The van der Waals surface area contributed by atoms with Gasteiger partial charge in [-0.3, -0.25) is 0 Å². The Bertz CT molecular complexity index is 1240. The molecule has 0 aromatic heterocycles. The summed E-state index contributed by atoms with van der Waals surface area (Å²) < 4.78 is 34.8. The number of allylic oxidation sites excluding steroid dienone is 4. The van der Waals surface area contributed by atoms with E-state index in [2.05, 4.69) is 80.6 Å². The summed E-state index contributed by atoms with van der Waals surface area (Å²) in [5.74, 6) is -1.20. The lowest BCUT2D eigenvalue weighted by atomic mass is 9.86. The van der Waals surface area contributed by atoms with E-state index in [1.165, 1.54) is 28.7 Å². The van der Waals surface area contributed by atoms with E-state index in [9.17, 15) is 8.78 Å². The van der Waals surface area contributed by atoms with Crippen LogP contribution in [0.25, 0.3) is 16.7 Å². The zero-order valence-electron chi connectivity index (χ0n) is 23.5. The standard InChI is InChI=1S/C36H42F2O/c1-3-5-8-26-39-34-25-24-33(35(37)36(34)38)32-22-16-29(17-23-32)11-7-6-10-28-14-20-31(21-15-28)30-18-12-27(9-4-2)13-19-30/h7,11-15,18-22,24-25,29H,3-6,8-10,16-17,23,26H2,1-2H3/b11-7+. The molecule has 0 saturated carbocycles. The second-order valence-corrected chi connectivity index (χ2v) is 10.7. The van der Waals surface area contributed by atoms with E-state index in [0.29, 0.717) is 18.1 Å². The van der Waals surface area contributed by atoms with Gasteiger partial charge in [-0.1, -0.05) is 99.9 Å². The summed E-state index contributed by atoms with van der Waals surface area (Å²) in [6.07, 6.45) is 16.4. The molecule has 0 aliphatic heterocycles. The van der Waals surface area contributed by atoms with Gasteiger partial charge in [-0.2, -0.15) is 4.39 Å². The van der Waals surface area contributed by atoms with Crippen molar-refractivity contribution < 1.29 is 13.5 Å². The van der Waals surface area contributed by atoms with Gasteiger partial charge in [0.2, 0.25) is 5.82 Å². The summed E-state index contributed by atoms with van der Waals surface area (Å²) >= 11 is 0. The van der Waals surface area contributed by atoms with Gasteiger partial charge in [0.1, 0.15) is 0 Å². The lowest BCUT2D eigenvalue weighted by Gasteiger charge is -2.20. The molecule has 3 aromatic carbocycles. The molecule has 1 nitrogen and oxygen atoms in total. The van der Waals surface area contributed by atoms with Crippen LogP contribution >= 0.6 is 0 Å². The Hall–Kier alpha value is -3.20. The van der Waals surface area contributed by atoms with E-state index < -0.39 is 11.6 Å². The van der Waals surface area contributed by atoms with Gasteiger partial charge in [-0.05, 0) is 90.8 Å². The van der Waals surface area contributed by atoms with Gasteiger partial charge in [-0.25, -0.2) is 4.39 Å². The zero-order valence-corrected chi connectivity index (χ0v) is 23.5. The maximum Gasteiger partial charge on any atom is 0.201 e. The Morgan fingerprint density at radius 2 is 1.49 bits per heavy atom. The first-order valence-electron chi connectivity index (χ1n) is 14.7. The van der Waals surface area contributed by atoms with E-state index >= 15 is 0 Å². The summed E-state index contributed by atoms with van der Waals surface area (Å²) in [6, 6.07) is 21.0. The van der Waals surface area contributed by atoms with Gasteiger partial charge in [0.05, 0.1) is 6.61 Å². The third-order valence-corrected chi connectivity index (χ3v) is 7.64. The van der Waals surface area contributed by atoms with E-state index in [4.69, 9.17) is 4.74 Å². The number of halogens is 2. The van der Waals surface area contributed by atoms with Crippen molar-refractivity contribution in [2.75, 3.05) is 6.61 Å². The van der Waals surface area contributed by atoms with Crippen molar-refractivity contribution in [1.82, 2.24) is 0 Å². The summed E-state index contributed by atoms with van der Waals surface area (Å²) in [5.41, 5.74) is 6.53. The van der Waals surface area contributed by atoms with Crippen LogP contribution in [0.3, 0.4) is 0 Å². The molecule has 0 heterocycles. The monoisotopic (exact) mass is 528 g/mol. The van der Waals surface area contributed by atoms with Crippen LogP contribution in [0.1, 0.15) is 81.9 Å². The molecule has 0 fully saturated rings. The van der Waals surface area contributed by atoms with Gasteiger partial charge in [0, 0.05) is 5.56 Å². The van der Waals surface area contributed by atoms with Crippen LogP contribution < -0.4 is 4.74 Å². The van der Waals surface area contributed by atoms with E-state index in [0.717, 1.165) is 63.4 Å². The Morgan fingerprint density at radius 3 is 2.10 bits per heavy atom. The number of unbranched alkanes of at least 4 members (excludes halogenated alkanes) is 2. The van der Waals surface area contributed by atoms with Crippen molar-refractivity contribution in [2.45, 2.75) is 78.1 Å². The molecule has 1 unspecified atom stereocenters. The third kappa shape index (κ3) is 8.14. The molecule has 3 aromatic rings. The quantitative estimate of drug-likeness (QED) is 0.158. The van der Waals surface area contributed by atoms with Crippen molar-refractivity contribution in [3.8, 4) is 16.9 Å². The van der Waals surface area contributed by atoms with Crippen LogP contribution in [0.15, 0.2) is 78.9 Å². The first-order chi connectivity index (χ1) is 19.1. The van der Waals surface area contributed by atoms with Gasteiger partial charge in [0.15, 0.2) is 11.6 Å². The van der Waals surface area contributed by atoms with Crippen LogP contribution in [0.2, 0.25) is 0 Å². The highest BCUT2D eigenvalue weighted by atomic mass is 19.2. The molecule has 0 saturated heterocycles. The number of hydrogen-bond acceptors (Lipinski definition) is 1. The van der Waals surface area contributed by atoms with E-state index in [-0.39, 0.29) is 5.75 Å². The Labute approximate surface area is 233 Å². The fourth-order valence-corrected chi connectivity index (χ4v) is 5.25. The van der Waals surface area contributed by atoms with Crippen molar-refractivity contribution in [3.05, 3.63) is 107 Å². The van der Waals surface area contributed by atoms with Crippen molar-refractivity contribution in [3.63, 3.8) is 0 Å². The fraction of sp³-hybridized carbons (Fsp3) is 0.389. The highest BCUT2D eigenvalue weighted by molar-refractivity contribution is 5.67. The molecule has 3 heteroatoms. The average molecular weight is 529 g/mol. The first kappa shape index (κ1) is 28.8. The summed E-state index contributed by atoms with van der Waals surface area (Å²) in [6.45, 7) is 4.72. The molecule has 4 rings (SSSR count). The minimum absolute atomic E-state index is 0.0141. The van der Waals surface area contributed by atoms with Crippen LogP contribution in [-0.2, 0) is 12.8 Å². The predicted octanol–water partition coefficient (Wildman–Crippen LogP) is 10.5. The highest BCUT2D eigenvalue weighted by Crippen LogP contribution is 2.35. The minimum atomic E-state index is -0.871. The van der Waals surface area contributed by atoms with Crippen molar-refractivity contribution >= 4 is 5.57 Å². The maximum atomic E-state index is 14.8. The molecule has 1 aliphatic carbocycles. The van der Waals surface area contributed by atoms with Gasteiger partial charge < -0.3 is 4.74 Å². The van der Waals surface area contributed by atoms with Gasteiger partial charge in [0.25, 0.3) is 0 Å². The smallest absolute Gasteiger partial charge is 0.201 e. The third-order valence-electron chi connectivity index (χ3n) is 7.64. The molecule has 0 amide bonds. The largest absolute Gasteiger partial charge is 0.490 e. The van der Waals surface area contributed by atoms with E-state index in [1.54, 1.807) is 12.1 Å². The molecule has 1 aliphatic rings. The number of benzene rings is 3.